The first-order valence-corrected chi connectivity index (χ1v) is 4.85. The quantitative estimate of drug-likeness (QED) is 0.615. The number of anilines is 1. The molecular formula is C7H10N2O2S. The summed E-state index contributed by atoms with van der Waals surface area (Å²) in [5.41, 5.74) is 6.21. The zero-order chi connectivity index (χ0) is 9.35. The van der Waals surface area contributed by atoms with Crippen molar-refractivity contribution >= 4 is 15.7 Å². The predicted molar refractivity (Wildman–Crippen MR) is 47.0 cm³/mol. The van der Waals surface area contributed by atoms with Gasteiger partial charge in [0.15, 0.2) is 0 Å². The summed E-state index contributed by atoms with van der Waals surface area (Å²) >= 11 is 0. The average Bonchev–Trinajstić information content (AvgIpc) is 1.82. The number of nitrogen functional groups attached to an aromatic ring is 1. The normalized spacial score (nSPS) is 11.5. The Labute approximate surface area is 71.2 Å². The lowest BCUT2D eigenvalue weighted by Gasteiger charge is -2.05. The Hall–Kier alpha value is -1.07. The molecular weight excluding hydrogens is 176 g/mol. The molecule has 0 fully saturated rings. The zero-order valence-electron chi connectivity index (χ0n) is 6.61. The average molecular weight is 186 g/mol. The third kappa shape index (κ3) is 1.57. The maximum Gasteiger partial charge on any atom is 0.240 e. The maximum atomic E-state index is 11.0. The lowest BCUT2D eigenvalue weighted by Crippen LogP contribution is -2.15. The summed E-state index contributed by atoms with van der Waals surface area (Å²) in [4.78, 5) is 0.0185. The summed E-state index contributed by atoms with van der Waals surface area (Å²) < 4.78 is 21.9. The van der Waals surface area contributed by atoms with Crippen LogP contribution in [0.25, 0.3) is 0 Å². The van der Waals surface area contributed by atoms with Gasteiger partial charge in [0.2, 0.25) is 10.0 Å². The van der Waals surface area contributed by atoms with Gasteiger partial charge >= 0.3 is 0 Å². The van der Waals surface area contributed by atoms with Crippen LogP contribution in [-0.4, -0.2) is 8.42 Å². The number of hydrogen-bond acceptors (Lipinski definition) is 3. The van der Waals surface area contributed by atoms with E-state index in [1.165, 1.54) is 6.07 Å². The van der Waals surface area contributed by atoms with Crippen LogP contribution < -0.4 is 10.9 Å². The lowest BCUT2D eigenvalue weighted by atomic mass is 10.2. The molecule has 0 saturated heterocycles. The third-order valence-corrected chi connectivity index (χ3v) is 2.65. The molecule has 0 aliphatic rings. The van der Waals surface area contributed by atoms with Gasteiger partial charge in [0.1, 0.15) is 4.90 Å². The molecule has 0 amide bonds. The number of primary sulfonamides is 1. The molecule has 66 valence electrons. The van der Waals surface area contributed by atoms with Gasteiger partial charge in [-0.05, 0) is 18.6 Å². The van der Waals surface area contributed by atoms with Crippen LogP contribution in [-0.2, 0) is 10.0 Å². The van der Waals surface area contributed by atoms with Crippen LogP contribution in [0, 0.1) is 6.92 Å². The second-order valence-corrected chi connectivity index (χ2v) is 4.04. The standard InChI is InChI=1S/C7H10N2O2S/c1-5-3-2-4-6(8)7(5)12(9,10)11/h2-4H,8H2,1H3,(H2,9,10,11). The zero-order valence-corrected chi connectivity index (χ0v) is 7.43. The number of benzene rings is 1. The lowest BCUT2D eigenvalue weighted by molar-refractivity contribution is 0.597. The topological polar surface area (TPSA) is 86.2 Å². The summed E-state index contributed by atoms with van der Waals surface area (Å²) in [5, 5.41) is 4.95. The van der Waals surface area contributed by atoms with E-state index in [1.807, 2.05) is 0 Å². The summed E-state index contributed by atoms with van der Waals surface area (Å²) in [7, 11) is -3.69. The molecule has 5 heteroatoms. The highest BCUT2D eigenvalue weighted by atomic mass is 32.2. The van der Waals surface area contributed by atoms with Crippen molar-refractivity contribution in [3.8, 4) is 0 Å². The summed E-state index contributed by atoms with van der Waals surface area (Å²) in [6, 6.07) is 4.84. The van der Waals surface area contributed by atoms with E-state index >= 15 is 0 Å². The van der Waals surface area contributed by atoms with Crippen molar-refractivity contribution in [1.29, 1.82) is 0 Å². The van der Waals surface area contributed by atoms with E-state index in [-0.39, 0.29) is 10.6 Å². The fraction of sp³-hybridized carbons (Fsp3) is 0.143. The summed E-state index contributed by atoms with van der Waals surface area (Å²) in [6.45, 7) is 1.65. The molecule has 0 radical (unpaired) electrons. The van der Waals surface area contributed by atoms with Gasteiger partial charge in [0, 0.05) is 0 Å². The first-order valence-electron chi connectivity index (χ1n) is 3.31. The van der Waals surface area contributed by atoms with Crippen molar-refractivity contribution in [3.63, 3.8) is 0 Å². The highest BCUT2D eigenvalue weighted by Gasteiger charge is 2.13. The molecule has 0 heterocycles. The molecule has 0 spiro atoms. The van der Waals surface area contributed by atoms with E-state index < -0.39 is 10.0 Å². The number of rotatable bonds is 1. The van der Waals surface area contributed by atoms with E-state index in [0.29, 0.717) is 5.56 Å². The minimum absolute atomic E-state index is 0.0185. The molecule has 0 aliphatic carbocycles. The first kappa shape index (κ1) is 9.02. The van der Waals surface area contributed by atoms with Gasteiger partial charge in [0.25, 0.3) is 0 Å². The predicted octanol–water partition coefficient (Wildman–Crippen LogP) is 0.225. The van der Waals surface area contributed by atoms with E-state index in [0.717, 1.165) is 0 Å². The molecule has 0 unspecified atom stereocenters. The SMILES string of the molecule is Cc1cccc(N)c1S(N)(=O)=O. The Morgan fingerprint density at radius 2 is 1.92 bits per heavy atom. The van der Waals surface area contributed by atoms with Gasteiger partial charge in [-0.15, -0.1) is 0 Å². The van der Waals surface area contributed by atoms with Gasteiger partial charge in [-0.2, -0.15) is 0 Å². The van der Waals surface area contributed by atoms with E-state index in [9.17, 15) is 8.42 Å². The van der Waals surface area contributed by atoms with Crippen LogP contribution in [0.5, 0.6) is 0 Å². The van der Waals surface area contributed by atoms with Crippen molar-refractivity contribution in [2.24, 2.45) is 5.14 Å². The molecule has 4 nitrogen and oxygen atoms in total. The van der Waals surface area contributed by atoms with Crippen molar-refractivity contribution < 1.29 is 8.42 Å². The molecule has 0 bridgehead atoms. The second kappa shape index (κ2) is 2.76. The number of aryl methyl sites for hydroxylation is 1. The Bertz CT molecular complexity index is 378. The van der Waals surface area contributed by atoms with Gasteiger partial charge in [-0.1, -0.05) is 12.1 Å². The van der Waals surface area contributed by atoms with E-state index in [2.05, 4.69) is 0 Å². The van der Waals surface area contributed by atoms with Crippen LogP contribution in [0.4, 0.5) is 5.69 Å². The van der Waals surface area contributed by atoms with Crippen molar-refractivity contribution in [2.75, 3.05) is 5.73 Å². The van der Waals surface area contributed by atoms with Crippen molar-refractivity contribution in [3.05, 3.63) is 23.8 Å². The molecule has 0 aromatic heterocycles. The van der Waals surface area contributed by atoms with Gasteiger partial charge < -0.3 is 5.73 Å². The molecule has 1 aromatic carbocycles. The summed E-state index contributed by atoms with van der Waals surface area (Å²) in [5.74, 6) is 0. The molecule has 1 aromatic rings. The molecule has 12 heavy (non-hydrogen) atoms. The second-order valence-electron chi connectivity index (χ2n) is 2.54. The molecule has 4 N–H and O–H groups in total. The Morgan fingerprint density at radius 3 is 2.25 bits per heavy atom. The third-order valence-electron chi connectivity index (χ3n) is 1.53. The molecule has 0 saturated carbocycles. The van der Waals surface area contributed by atoms with Crippen LogP contribution >= 0.6 is 0 Å². The van der Waals surface area contributed by atoms with Gasteiger partial charge in [0.05, 0.1) is 5.69 Å². The van der Waals surface area contributed by atoms with Crippen LogP contribution in [0.3, 0.4) is 0 Å². The summed E-state index contributed by atoms with van der Waals surface area (Å²) in [6.07, 6.45) is 0. The molecule has 1 rings (SSSR count). The van der Waals surface area contributed by atoms with Crippen LogP contribution in [0.1, 0.15) is 5.56 Å². The number of sulfonamides is 1. The fourth-order valence-corrected chi connectivity index (χ4v) is 1.98. The van der Waals surface area contributed by atoms with Gasteiger partial charge in [-0.25, -0.2) is 13.6 Å². The monoisotopic (exact) mass is 186 g/mol. The highest BCUT2D eigenvalue weighted by Crippen LogP contribution is 2.19. The van der Waals surface area contributed by atoms with E-state index in [4.69, 9.17) is 10.9 Å². The largest absolute Gasteiger partial charge is 0.398 e. The van der Waals surface area contributed by atoms with Crippen molar-refractivity contribution in [2.45, 2.75) is 11.8 Å². The van der Waals surface area contributed by atoms with Crippen LogP contribution in [0.15, 0.2) is 23.1 Å². The fourth-order valence-electron chi connectivity index (χ4n) is 1.06. The smallest absolute Gasteiger partial charge is 0.240 e. The molecule has 0 atom stereocenters. The van der Waals surface area contributed by atoms with E-state index in [1.54, 1.807) is 19.1 Å². The number of hydrogen-bond donors (Lipinski definition) is 2. The molecule has 0 aliphatic heterocycles. The Balaban J connectivity index is 3.53. The van der Waals surface area contributed by atoms with Crippen molar-refractivity contribution in [1.82, 2.24) is 0 Å². The highest BCUT2D eigenvalue weighted by molar-refractivity contribution is 7.89. The minimum Gasteiger partial charge on any atom is -0.398 e. The minimum atomic E-state index is -3.69. The van der Waals surface area contributed by atoms with Gasteiger partial charge in [-0.3, -0.25) is 0 Å². The Kier molecular flexibility index (Phi) is 2.08. The van der Waals surface area contributed by atoms with Crippen LogP contribution in [0.2, 0.25) is 0 Å². The first-order chi connectivity index (χ1) is 5.43. The Morgan fingerprint density at radius 1 is 1.33 bits per heavy atom. The maximum absolute atomic E-state index is 11.0. The number of nitrogens with two attached hydrogens (primary N) is 2.